The Kier molecular flexibility index (Phi) is 2.44. The van der Waals surface area contributed by atoms with Gasteiger partial charge in [-0.2, -0.15) is 4.57 Å². The number of aromatic nitrogens is 1. The second-order valence-corrected chi connectivity index (χ2v) is 6.17. The Morgan fingerprint density at radius 1 is 1.12 bits per heavy atom. The molecule has 0 radical (unpaired) electrons. The summed E-state index contributed by atoms with van der Waals surface area (Å²) in [6, 6.07) is 9.73. The first-order valence-electron chi connectivity index (χ1n) is 9.59. The van der Waals surface area contributed by atoms with Crippen molar-refractivity contribution in [3.8, 4) is 34.3 Å². The van der Waals surface area contributed by atoms with E-state index in [-0.39, 0.29) is 12.5 Å². The molecule has 2 aliphatic heterocycles. The Hall–Kier alpha value is -2.95. The van der Waals surface area contributed by atoms with Gasteiger partial charge in [0, 0.05) is 12.5 Å². The molecule has 2 aliphatic rings. The predicted molar refractivity (Wildman–Crippen MR) is 92.5 cm³/mol. The first-order chi connectivity index (χ1) is 13.4. The maximum Gasteiger partial charge on any atom is 0.231 e. The molecule has 0 amide bonds. The first-order valence-corrected chi connectivity index (χ1v) is 8.09. The molecular formula is C20H18NO4+. The lowest BCUT2D eigenvalue weighted by molar-refractivity contribution is -0.686. The number of aryl methyl sites for hydroxylation is 2. The van der Waals surface area contributed by atoms with E-state index in [0.717, 1.165) is 41.1 Å². The van der Waals surface area contributed by atoms with Crippen molar-refractivity contribution in [1.29, 1.82) is 0 Å². The fraction of sp³-hybridized carbons (Fsp3) is 0.250. The molecule has 0 unspecified atom stereocenters. The molecule has 5 nitrogen and oxygen atoms in total. The second-order valence-electron chi connectivity index (χ2n) is 6.17. The van der Waals surface area contributed by atoms with Crippen LogP contribution >= 0.6 is 0 Å². The zero-order valence-electron chi connectivity index (χ0n) is 16.7. The fourth-order valence-electron chi connectivity index (χ4n) is 3.66. The van der Waals surface area contributed by atoms with Crippen LogP contribution in [0.2, 0.25) is 0 Å². The summed E-state index contributed by atoms with van der Waals surface area (Å²) in [7, 11) is -1.06. The van der Waals surface area contributed by atoms with Crippen molar-refractivity contribution >= 4 is 10.8 Å². The third kappa shape index (κ3) is 2.05. The molecule has 126 valence electrons. The second kappa shape index (κ2) is 5.28. The zero-order chi connectivity index (χ0) is 19.5. The SMILES string of the molecule is [2H][13C]([2H])([2H])Oc1c(OC)ccc2cc3[n+](cc12)CCc1cc2c(cc1-3)OCO2. The van der Waals surface area contributed by atoms with Crippen molar-refractivity contribution in [3.63, 3.8) is 0 Å². The summed E-state index contributed by atoms with van der Waals surface area (Å²) in [6.07, 6.45) is 2.77. The molecule has 25 heavy (non-hydrogen) atoms. The molecule has 0 bridgehead atoms. The standard InChI is InChI=1S/C20H18NO4/c1-22-17-4-3-12-7-16-14-9-19-18(24-11-25-19)8-13(14)5-6-21(16)10-15(12)20(17)23-2/h3-4,7-10H,5-6,11H2,1-2H3/q+1/i2+1D3. The van der Waals surface area contributed by atoms with Crippen LogP contribution in [0.1, 0.15) is 9.68 Å². The van der Waals surface area contributed by atoms with Gasteiger partial charge in [0.1, 0.15) is 0 Å². The Balaban J connectivity index is 1.71. The molecule has 3 heterocycles. The van der Waals surface area contributed by atoms with E-state index in [1.165, 1.54) is 12.7 Å². The summed E-state index contributed by atoms with van der Waals surface area (Å²) in [5, 5.41) is 1.57. The van der Waals surface area contributed by atoms with E-state index >= 15 is 0 Å². The molecule has 0 N–H and O–H groups in total. The first kappa shape index (κ1) is 11.6. The van der Waals surface area contributed by atoms with Crippen LogP contribution in [0.25, 0.3) is 22.0 Å². The molecule has 3 aromatic rings. The Bertz CT molecular complexity index is 1110. The number of pyridine rings is 1. The molecule has 1 aromatic heterocycles. The minimum atomic E-state index is -2.56. The van der Waals surface area contributed by atoms with Crippen molar-refractivity contribution in [1.82, 2.24) is 0 Å². The van der Waals surface area contributed by atoms with Crippen molar-refractivity contribution in [3.05, 3.63) is 42.1 Å². The van der Waals surface area contributed by atoms with E-state index in [4.69, 9.17) is 23.1 Å². The van der Waals surface area contributed by atoms with Crippen LogP contribution in [0.3, 0.4) is 0 Å². The van der Waals surface area contributed by atoms with Crippen LogP contribution in [-0.4, -0.2) is 20.9 Å². The number of benzene rings is 2. The molecule has 0 spiro atoms. The topological polar surface area (TPSA) is 40.8 Å². The van der Waals surface area contributed by atoms with Crippen LogP contribution in [0, 0.1) is 0 Å². The van der Waals surface area contributed by atoms with Gasteiger partial charge in [0.15, 0.2) is 35.7 Å². The van der Waals surface area contributed by atoms with Crippen LogP contribution in [0.4, 0.5) is 0 Å². The van der Waals surface area contributed by atoms with Gasteiger partial charge in [0.05, 0.1) is 29.2 Å². The van der Waals surface area contributed by atoms with Crippen LogP contribution in [-0.2, 0) is 13.0 Å². The average molecular weight is 340 g/mol. The maximum atomic E-state index is 7.49. The van der Waals surface area contributed by atoms with Gasteiger partial charge in [-0.05, 0) is 35.2 Å². The lowest BCUT2D eigenvalue weighted by Crippen LogP contribution is -2.40. The van der Waals surface area contributed by atoms with E-state index in [9.17, 15) is 0 Å². The van der Waals surface area contributed by atoms with Gasteiger partial charge in [0.2, 0.25) is 12.5 Å². The van der Waals surface area contributed by atoms with Gasteiger partial charge in [-0.3, -0.25) is 0 Å². The summed E-state index contributed by atoms with van der Waals surface area (Å²) in [6.45, 7) is 1.01. The lowest BCUT2D eigenvalue weighted by atomic mass is 9.95. The highest BCUT2D eigenvalue weighted by Gasteiger charge is 2.28. The Morgan fingerprint density at radius 2 is 2.00 bits per heavy atom. The molecule has 0 fully saturated rings. The fourth-order valence-corrected chi connectivity index (χ4v) is 3.66. The number of rotatable bonds is 2. The number of nitrogens with zero attached hydrogens (tertiary/aromatic N) is 1. The molecule has 0 saturated carbocycles. The van der Waals surface area contributed by atoms with Gasteiger partial charge in [-0.1, -0.05) is 0 Å². The van der Waals surface area contributed by atoms with Gasteiger partial charge >= 0.3 is 0 Å². The largest absolute Gasteiger partial charge is 0.493 e. The highest BCUT2D eigenvalue weighted by molar-refractivity contribution is 5.91. The van der Waals surface area contributed by atoms with Crippen molar-refractivity contribution in [2.45, 2.75) is 13.0 Å². The molecule has 0 saturated heterocycles. The quantitative estimate of drug-likeness (QED) is 0.531. The summed E-state index contributed by atoms with van der Waals surface area (Å²) in [5.41, 5.74) is 3.33. The average Bonchev–Trinajstić information content (AvgIpc) is 3.11. The van der Waals surface area contributed by atoms with Crippen molar-refractivity contribution < 1.29 is 27.6 Å². The van der Waals surface area contributed by atoms with Crippen molar-refractivity contribution in [2.75, 3.05) is 20.9 Å². The predicted octanol–water partition coefficient (Wildman–Crippen LogP) is 3.10. The smallest absolute Gasteiger partial charge is 0.231 e. The van der Waals surface area contributed by atoms with E-state index in [1.54, 1.807) is 6.07 Å². The van der Waals surface area contributed by atoms with E-state index < -0.39 is 7.04 Å². The van der Waals surface area contributed by atoms with Gasteiger partial charge in [-0.25, -0.2) is 0 Å². The zero-order valence-corrected chi connectivity index (χ0v) is 13.7. The maximum absolute atomic E-state index is 7.49. The third-order valence-electron chi connectivity index (χ3n) is 4.90. The minimum Gasteiger partial charge on any atom is -0.493 e. The third-order valence-corrected chi connectivity index (χ3v) is 4.90. The normalized spacial score (nSPS) is 16.4. The summed E-state index contributed by atoms with van der Waals surface area (Å²) in [4.78, 5) is 0. The molecule has 5 rings (SSSR count). The van der Waals surface area contributed by atoms with E-state index in [2.05, 4.69) is 4.57 Å². The summed E-state index contributed by atoms with van der Waals surface area (Å²) in [5.74, 6) is 2.15. The highest BCUT2D eigenvalue weighted by Crippen LogP contribution is 2.41. The van der Waals surface area contributed by atoms with Gasteiger partial charge in [-0.15, -0.1) is 0 Å². The molecule has 0 aliphatic carbocycles. The molecule has 0 atom stereocenters. The number of ether oxygens (including phenoxy) is 4. The Labute approximate surface area is 149 Å². The van der Waals surface area contributed by atoms with Gasteiger partial charge in [0.25, 0.3) is 0 Å². The summed E-state index contributed by atoms with van der Waals surface area (Å²) < 4.78 is 46.3. The lowest BCUT2D eigenvalue weighted by Gasteiger charge is -2.17. The molecular weight excluding hydrogens is 319 g/mol. The number of hydrogen-bond acceptors (Lipinski definition) is 4. The van der Waals surface area contributed by atoms with Crippen LogP contribution in [0.5, 0.6) is 23.0 Å². The Morgan fingerprint density at radius 3 is 2.84 bits per heavy atom. The number of fused-ring (bicyclic) bond motifs is 5. The summed E-state index contributed by atoms with van der Waals surface area (Å²) >= 11 is 0. The van der Waals surface area contributed by atoms with Crippen LogP contribution < -0.4 is 23.5 Å². The highest BCUT2D eigenvalue weighted by atomic mass is 16.7. The van der Waals surface area contributed by atoms with Crippen LogP contribution in [0.15, 0.2) is 36.5 Å². The van der Waals surface area contributed by atoms with Gasteiger partial charge < -0.3 is 18.9 Å². The molecule has 2 aromatic carbocycles. The minimum absolute atomic E-state index is 0.229. The monoisotopic (exact) mass is 340 g/mol. The molecule has 5 heteroatoms. The van der Waals surface area contributed by atoms with Crippen molar-refractivity contribution in [2.24, 2.45) is 0 Å². The number of hydrogen-bond donors (Lipinski definition) is 0. The van der Waals surface area contributed by atoms with E-state index in [0.29, 0.717) is 11.1 Å². The number of methoxy groups -OCH3 is 2. The van der Waals surface area contributed by atoms with E-state index in [1.807, 2.05) is 30.5 Å².